The number of rotatable bonds is 4. The molecule has 1 saturated heterocycles. The lowest BCUT2D eigenvalue weighted by atomic mass is 10.0. The molecule has 4 nitrogen and oxygen atoms in total. The zero-order chi connectivity index (χ0) is 15.0. The minimum absolute atomic E-state index is 0.0745. The quantitative estimate of drug-likeness (QED) is 0.881. The molecule has 1 saturated carbocycles. The van der Waals surface area contributed by atoms with Crippen molar-refractivity contribution in [2.24, 2.45) is 5.92 Å². The van der Waals surface area contributed by atoms with Crippen molar-refractivity contribution in [1.29, 1.82) is 0 Å². The Balaban J connectivity index is 1.54. The standard InChI is InChI=1S/C15H17F2NO3/c16-12-2-1-9(5-13(12)17)10-6-11(10)14(19)18-7-15(20)3-4-21-8-15/h1-2,5,10-11,20H,3-4,6-8H2,(H,18,19). The van der Waals surface area contributed by atoms with Crippen molar-refractivity contribution in [2.45, 2.75) is 24.4 Å². The van der Waals surface area contributed by atoms with Crippen LogP contribution in [0.15, 0.2) is 18.2 Å². The first-order valence-electron chi connectivity index (χ1n) is 7.01. The molecule has 3 unspecified atom stereocenters. The van der Waals surface area contributed by atoms with Crippen molar-refractivity contribution in [3.8, 4) is 0 Å². The Morgan fingerprint density at radius 1 is 1.43 bits per heavy atom. The molecule has 2 aliphatic rings. The van der Waals surface area contributed by atoms with Crippen molar-refractivity contribution >= 4 is 5.91 Å². The Labute approximate surface area is 121 Å². The molecular weight excluding hydrogens is 280 g/mol. The number of carbonyl (C=O) groups is 1. The minimum atomic E-state index is -0.984. The maximum absolute atomic E-state index is 13.2. The number of hydrogen-bond acceptors (Lipinski definition) is 3. The Bertz CT molecular complexity index is 558. The smallest absolute Gasteiger partial charge is 0.223 e. The molecule has 3 rings (SSSR count). The second-order valence-electron chi connectivity index (χ2n) is 5.87. The molecule has 1 aromatic carbocycles. The molecule has 1 aliphatic carbocycles. The third-order valence-corrected chi connectivity index (χ3v) is 4.17. The predicted octanol–water partition coefficient (Wildman–Crippen LogP) is 1.34. The molecule has 0 aromatic heterocycles. The lowest BCUT2D eigenvalue weighted by molar-refractivity contribution is -0.123. The van der Waals surface area contributed by atoms with Gasteiger partial charge in [0, 0.05) is 25.5 Å². The summed E-state index contributed by atoms with van der Waals surface area (Å²) in [6.45, 7) is 0.880. The third kappa shape index (κ3) is 3.06. The van der Waals surface area contributed by atoms with Crippen LogP contribution in [0.5, 0.6) is 0 Å². The van der Waals surface area contributed by atoms with E-state index in [1.807, 2.05) is 0 Å². The lowest BCUT2D eigenvalue weighted by Gasteiger charge is -2.20. The highest BCUT2D eigenvalue weighted by molar-refractivity contribution is 5.82. The molecule has 2 fully saturated rings. The van der Waals surface area contributed by atoms with Crippen molar-refractivity contribution < 1.29 is 23.4 Å². The number of hydrogen-bond donors (Lipinski definition) is 2. The molecule has 1 aromatic rings. The van der Waals surface area contributed by atoms with E-state index in [4.69, 9.17) is 4.74 Å². The molecule has 3 atom stereocenters. The van der Waals surface area contributed by atoms with Gasteiger partial charge in [0.25, 0.3) is 0 Å². The van der Waals surface area contributed by atoms with E-state index in [0.29, 0.717) is 25.0 Å². The maximum Gasteiger partial charge on any atom is 0.223 e. The molecule has 1 heterocycles. The van der Waals surface area contributed by atoms with Crippen LogP contribution >= 0.6 is 0 Å². The van der Waals surface area contributed by atoms with Crippen LogP contribution in [0, 0.1) is 17.6 Å². The van der Waals surface area contributed by atoms with Crippen LogP contribution in [-0.2, 0) is 9.53 Å². The van der Waals surface area contributed by atoms with E-state index < -0.39 is 17.2 Å². The molecule has 1 aliphatic heterocycles. The van der Waals surface area contributed by atoms with Gasteiger partial charge in [-0.25, -0.2) is 8.78 Å². The third-order valence-electron chi connectivity index (χ3n) is 4.17. The van der Waals surface area contributed by atoms with Gasteiger partial charge >= 0.3 is 0 Å². The van der Waals surface area contributed by atoms with Crippen LogP contribution < -0.4 is 5.32 Å². The first-order chi connectivity index (χ1) is 9.98. The topological polar surface area (TPSA) is 58.6 Å². The van der Waals surface area contributed by atoms with E-state index in [0.717, 1.165) is 12.1 Å². The van der Waals surface area contributed by atoms with Gasteiger partial charge in [0.15, 0.2) is 11.6 Å². The Kier molecular flexibility index (Phi) is 3.67. The second-order valence-corrected chi connectivity index (χ2v) is 5.87. The fourth-order valence-corrected chi connectivity index (χ4v) is 2.71. The van der Waals surface area contributed by atoms with E-state index >= 15 is 0 Å². The highest BCUT2D eigenvalue weighted by Crippen LogP contribution is 2.47. The van der Waals surface area contributed by atoms with Gasteiger partial charge in [-0.15, -0.1) is 0 Å². The van der Waals surface area contributed by atoms with Gasteiger partial charge in [0.1, 0.15) is 5.60 Å². The van der Waals surface area contributed by atoms with Gasteiger partial charge in [-0.05, 0) is 30.0 Å². The van der Waals surface area contributed by atoms with Gasteiger partial charge in [0.2, 0.25) is 5.91 Å². The highest BCUT2D eigenvalue weighted by Gasteiger charge is 2.45. The first-order valence-corrected chi connectivity index (χ1v) is 7.01. The van der Waals surface area contributed by atoms with E-state index in [1.165, 1.54) is 6.07 Å². The number of amides is 1. The predicted molar refractivity (Wildman–Crippen MR) is 70.6 cm³/mol. The summed E-state index contributed by atoms with van der Waals surface area (Å²) in [7, 11) is 0. The summed E-state index contributed by atoms with van der Waals surface area (Å²) in [4.78, 5) is 12.0. The van der Waals surface area contributed by atoms with Crippen LogP contribution in [0.3, 0.4) is 0 Å². The molecule has 0 radical (unpaired) electrons. The van der Waals surface area contributed by atoms with E-state index in [1.54, 1.807) is 0 Å². The van der Waals surface area contributed by atoms with Crippen LogP contribution in [0.4, 0.5) is 8.78 Å². The van der Waals surface area contributed by atoms with Gasteiger partial charge in [-0.2, -0.15) is 0 Å². The van der Waals surface area contributed by atoms with Crippen LogP contribution in [0.25, 0.3) is 0 Å². The summed E-state index contributed by atoms with van der Waals surface area (Å²) < 4.78 is 31.2. The van der Waals surface area contributed by atoms with Crippen LogP contribution in [-0.4, -0.2) is 36.4 Å². The largest absolute Gasteiger partial charge is 0.386 e. The zero-order valence-electron chi connectivity index (χ0n) is 11.4. The number of ether oxygens (including phenoxy) is 1. The molecule has 0 bridgehead atoms. The summed E-state index contributed by atoms with van der Waals surface area (Å²) in [6, 6.07) is 3.73. The molecule has 0 spiro atoms. The molecule has 2 N–H and O–H groups in total. The number of aliphatic hydroxyl groups is 1. The average Bonchev–Trinajstić information content (AvgIpc) is 3.15. The monoisotopic (exact) mass is 297 g/mol. The van der Waals surface area contributed by atoms with Gasteiger partial charge in [0.05, 0.1) is 6.61 Å². The average molecular weight is 297 g/mol. The van der Waals surface area contributed by atoms with E-state index in [2.05, 4.69) is 5.32 Å². The number of benzene rings is 1. The molecular formula is C15H17F2NO3. The zero-order valence-corrected chi connectivity index (χ0v) is 11.4. The minimum Gasteiger partial charge on any atom is -0.386 e. The second kappa shape index (κ2) is 5.35. The van der Waals surface area contributed by atoms with Crippen LogP contribution in [0.1, 0.15) is 24.3 Å². The highest BCUT2D eigenvalue weighted by atomic mass is 19.2. The fraction of sp³-hybridized carbons (Fsp3) is 0.533. The van der Waals surface area contributed by atoms with Gasteiger partial charge in [-0.1, -0.05) is 6.07 Å². The maximum atomic E-state index is 13.2. The summed E-state index contributed by atoms with van der Waals surface area (Å²) in [5.74, 6) is -2.25. The van der Waals surface area contributed by atoms with Crippen molar-refractivity contribution in [3.63, 3.8) is 0 Å². The number of carbonyl (C=O) groups excluding carboxylic acids is 1. The lowest BCUT2D eigenvalue weighted by Crippen LogP contribution is -2.43. The Hall–Kier alpha value is -1.53. The summed E-state index contributed by atoms with van der Waals surface area (Å²) >= 11 is 0. The van der Waals surface area contributed by atoms with Crippen molar-refractivity contribution in [1.82, 2.24) is 5.32 Å². The molecule has 21 heavy (non-hydrogen) atoms. The normalized spacial score (nSPS) is 31.2. The van der Waals surface area contributed by atoms with Gasteiger partial charge in [-0.3, -0.25) is 4.79 Å². The summed E-state index contributed by atoms with van der Waals surface area (Å²) in [6.07, 6.45) is 1.12. The van der Waals surface area contributed by atoms with Crippen molar-refractivity contribution in [3.05, 3.63) is 35.4 Å². The number of nitrogens with one attached hydrogen (secondary N) is 1. The van der Waals surface area contributed by atoms with Crippen LogP contribution in [0.2, 0.25) is 0 Å². The molecule has 6 heteroatoms. The summed E-state index contributed by atoms with van der Waals surface area (Å²) in [5.41, 5.74) is -0.348. The van der Waals surface area contributed by atoms with E-state index in [-0.39, 0.29) is 30.9 Å². The number of halogens is 2. The van der Waals surface area contributed by atoms with Crippen molar-refractivity contribution in [2.75, 3.05) is 19.8 Å². The Morgan fingerprint density at radius 2 is 2.24 bits per heavy atom. The summed E-state index contributed by atoms with van der Waals surface area (Å²) in [5, 5.41) is 12.8. The van der Waals surface area contributed by atoms with E-state index in [9.17, 15) is 18.7 Å². The SMILES string of the molecule is O=C(NCC1(O)CCOC1)C1CC1c1ccc(F)c(F)c1. The molecule has 114 valence electrons. The van der Waals surface area contributed by atoms with Gasteiger partial charge < -0.3 is 15.2 Å². The fourth-order valence-electron chi connectivity index (χ4n) is 2.71. The Morgan fingerprint density at radius 3 is 2.90 bits per heavy atom. The molecule has 1 amide bonds. The first kappa shape index (κ1) is 14.4.